The lowest BCUT2D eigenvalue weighted by Gasteiger charge is -2.32. The van der Waals surface area contributed by atoms with E-state index in [4.69, 9.17) is 4.74 Å². The highest BCUT2D eigenvalue weighted by molar-refractivity contribution is 5.89. The predicted molar refractivity (Wildman–Crippen MR) is 138 cm³/mol. The van der Waals surface area contributed by atoms with Crippen LogP contribution in [0.25, 0.3) is 0 Å². The van der Waals surface area contributed by atoms with Gasteiger partial charge in [0, 0.05) is 13.1 Å². The molecule has 8 nitrogen and oxygen atoms in total. The Morgan fingerprint density at radius 1 is 1.02 bits per heavy atom. The summed E-state index contributed by atoms with van der Waals surface area (Å²) >= 11 is 0. The second kappa shape index (κ2) is 11.2. The molecular weight excluding hydrogens is 554 g/mol. The van der Waals surface area contributed by atoms with Crippen molar-refractivity contribution < 1.29 is 35.9 Å². The number of hydrogen-bond donors (Lipinski definition) is 0. The van der Waals surface area contributed by atoms with Crippen molar-refractivity contribution >= 4 is 17.7 Å². The number of nitrogens with zero attached hydrogens (tertiary/aromatic N) is 6. The highest BCUT2D eigenvalue weighted by Gasteiger charge is 2.38. The Morgan fingerprint density at radius 3 is 2.17 bits per heavy atom. The molecule has 1 aromatic heterocycles. The number of rotatable bonds is 5. The summed E-state index contributed by atoms with van der Waals surface area (Å²) in [5.74, 6) is 0.0193. The summed E-state index contributed by atoms with van der Waals surface area (Å²) in [6, 6.07) is 4.58. The maximum atomic E-state index is 13.6. The molecule has 222 valence electrons. The van der Waals surface area contributed by atoms with Crippen LogP contribution in [0.3, 0.4) is 0 Å². The zero-order chi connectivity index (χ0) is 30.3. The molecule has 4 rings (SSSR count). The summed E-state index contributed by atoms with van der Waals surface area (Å²) in [7, 11) is 1.50. The fourth-order valence-corrected chi connectivity index (χ4v) is 4.84. The van der Waals surface area contributed by atoms with Crippen molar-refractivity contribution in [2.75, 3.05) is 16.3 Å². The standard InChI is InChI=1S/C27H30F6N6O2/c1-15(2)41-25(40)38-8-6-7-22(21-9-16(3)17(4)10-23(21)38)39(24-34-36-37(5)35-24)14-18-11-19(26(28,29)30)13-20(12-18)27(31,32)33/h9-13,15,22H,6-8,14H2,1-5H3/t22-/m0/s1. The molecule has 0 spiro atoms. The van der Waals surface area contributed by atoms with E-state index in [1.807, 2.05) is 26.0 Å². The van der Waals surface area contributed by atoms with Crippen molar-refractivity contribution in [1.82, 2.24) is 20.2 Å². The number of aromatic nitrogens is 4. The highest BCUT2D eigenvalue weighted by Crippen LogP contribution is 2.42. The SMILES string of the molecule is Cc1cc2c(cc1C)N(C(=O)OC(C)C)CCC[C@@H]2N(Cc1cc(C(F)(F)F)cc(C(F)(F)F)c1)c1nnn(C)n1. The molecule has 1 aliphatic heterocycles. The van der Waals surface area contributed by atoms with Crippen LogP contribution in [-0.4, -0.2) is 38.9 Å². The third kappa shape index (κ3) is 6.73. The van der Waals surface area contributed by atoms with Crippen LogP contribution in [0.5, 0.6) is 0 Å². The number of hydrogen-bond acceptors (Lipinski definition) is 6. The van der Waals surface area contributed by atoms with Crippen LogP contribution in [0.1, 0.15) is 66.1 Å². The first-order valence-corrected chi connectivity index (χ1v) is 12.9. The molecule has 0 saturated heterocycles. The second-order valence-electron chi connectivity index (χ2n) is 10.4. The molecule has 0 aliphatic carbocycles. The van der Waals surface area contributed by atoms with Gasteiger partial charge in [-0.25, -0.2) is 4.79 Å². The number of aryl methyl sites for hydroxylation is 3. The zero-order valence-corrected chi connectivity index (χ0v) is 23.1. The molecule has 0 unspecified atom stereocenters. The minimum absolute atomic E-state index is 0.0193. The van der Waals surface area contributed by atoms with Gasteiger partial charge < -0.3 is 9.64 Å². The average Bonchev–Trinajstić information content (AvgIpc) is 3.20. The van der Waals surface area contributed by atoms with Crippen LogP contribution in [0, 0.1) is 13.8 Å². The number of anilines is 2. The Morgan fingerprint density at radius 2 is 1.63 bits per heavy atom. The van der Waals surface area contributed by atoms with Gasteiger partial charge in [0.05, 0.1) is 36.0 Å². The van der Waals surface area contributed by atoms with Gasteiger partial charge in [-0.05, 0) is 92.3 Å². The van der Waals surface area contributed by atoms with Gasteiger partial charge in [0.2, 0.25) is 0 Å². The molecule has 41 heavy (non-hydrogen) atoms. The Balaban J connectivity index is 1.87. The monoisotopic (exact) mass is 584 g/mol. The number of fused-ring (bicyclic) bond motifs is 1. The summed E-state index contributed by atoms with van der Waals surface area (Å²) < 4.78 is 87.2. The van der Waals surface area contributed by atoms with Gasteiger partial charge in [0.15, 0.2) is 0 Å². The lowest BCUT2D eigenvalue weighted by atomic mass is 9.95. The van der Waals surface area contributed by atoms with Gasteiger partial charge in [0.1, 0.15) is 0 Å². The molecule has 0 N–H and O–H groups in total. The number of carbonyl (C=O) groups excluding carboxylic acids is 1. The van der Waals surface area contributed by atoms with E-state index in [1.165, 1.54) is 16.8 Å². The van der Waals surface area contributed by atoms with Crippen molar-refractivity contribution in [1.29, 1.82) is 0 Å². The van der Waals surface area contributed by atoms with Gasteiger partial charge in [-0.15, -0.1) is 5.10 Å². The average molecular weight is 585 g/mol. The number of alkyl halides is 6. The number of halogens is 6. The van der Waals surface area contributed by atoms with Gasteiger partial charge in [-0.2, -0.15) is 31.1 Å². The van der Waals surface area contributed by atoms with Crippen molar-refractivity contribution in [3.05, 3.63) is 63.7 Å². The molecule has 0 bridgehead atoms. The van der Waals surface area contributed by atoms with Crippen LogP contribution in [0.4, 0.5) is 42.8 Å². The zero-order valence-electron chi connectivity index (χ0n) is 23.1. The smallest absolute Gasteiger partial charge is 0.416 e. The summed E-state index contributed by atoms with van der Waals surface area (Å²) in [6.45, 7) is 7.12. The summed E-state index contributed by atoms with van der Waals surface area (Å²) in [5, 5.41) is 12.1. The van der Waals surface area contributed by atoms with Crippen LogP contribution in [-0.2, 0) is 30.7 Å². The third-order valence-electron chi connectivity index (χ3n) is 6.84. The molecule has 2 heterocycles. The first-order valence-electron chi connectivity index (χ1n) is 12.9. The molecule has 14 heteroatoms. The first-order chi connectivity index (χ1) is 19.0. The van der Waals surface area contributed by atoms with E-state index >= 15 is 0 Å². The number of benzene rings is 2. The molecule has 1 amide bonds. The van der Waals surface area contributed by atoms with E-state index in [1.54, 1.807) is 13.8 Å². The summed E-state index contributed by atoms with van der Waals surface area (Å²) in [5.41, 5.74) is -0.0985. The van der Waals surface area contributed by atoms with E-state index in [9.17, 15) is 31.1 Å². The van der Waals surface area contributed by atoms with Crippen molar-refractivity contribution in [3.8, 4) is 0 Å². The minimum atomic E-state index is -4.99. The molecule has 3 aromatic rings. The lowest BCUT2D eigenvalue weighted by molar-refractivity contribution is -0.143. The molecule has 1 atom stereocenters. The Labute approximate surface area is 232 Å². The van der Waals surface area contributed by atoms with E-state index in [0.717, 1.165) is 15.9 Å². The van der Waals surface area contributed by atoms with E-state index in [2.05, 4.69) is 15.4 Å². The van der Waals surface area contributed by atoms with E-state index in [0.29, 0.717) is 42.8 Å². The minimum Gasteiger partial charge on any atom is -0.446 e. The topological polar surface area (TPSA) is 76.4 Å². The second-order valence-corrected chi connectivity index (χ2v) is 10.4. The normalized spacial score (nSPS) is 16.0. The number of tetrazole rings is 1. The van der Waals surface area contributed by atoms with Crippen molar-refractivity contribution in [3.63, 3.8) is 0 Å². The van der Waals surface area contributed by atoms with Gasteiger partial charge in [0.25, 0.3) is 5.95 Å². The Kier molecular flexibility index (Phi) is 8.23. The highest BCUT2D eigenvalue weighted by atomic mass is 19.4. The maximum absolute atomic E-state index is 13.6. The fourth-order valence-electron chi connectivity index (χ4n) is 4.84. The molecule has 1 aliphatic rings. The van der Waals surface area contributed by atoms with E-state index < -0.39 is 35.6 Å². The predicted octanol–water partition coefficient (Wildman–Crippen LogP) is 6.76. The maximum Gasteiger partial charge on any atom is 0.416 e. The third-order valence-corrected chi connectivity index (χ3v) is 6.84. The Hall–Kier alpha value is -3.84. The molecule has 0 radical (unpaired) electrons. The fraction of sp³-hybridized carbons (Fsp3) is 0.481. The number of carbonyl (C=O) groups is 1. The lowest BCUT2D eigenvalue weighted by Crippen LogP contribution is -2.34. The summed E-state index contributed by atoms with van der Waals surface area (Å²) in [4.78, 5) is 17.3. The number of amides is 1. The largest absolute Gasteiger partial charge is 0.446 e. The van der Waals surface area contributed by atoms with Crippen LogP contribution in [0.2, 0.25) is 0 Å². The van der Waals surface area contributed by atoms with Gasteiger partial charge in [-0.3, -0.25) is 4.90 Å². The van der Waals surface area contributed by atoms with Crippen LogP contribution >= 0.6 is 0 Å². The van der Waals surface area contributed by atoms with Gasteiger partial charge in [-0.1, -0.05) is 11.2 Å². The van der Waals surface area contributed by atoms with Crippen LogP contribution < -0.4 is 9.80 Å². The van der Waals surface area contributed by atoms with Gasteiger partial charge >= 0.3 is 18.4 Å². The first kappa shape index (κ1) is 30.1. The number of ether oxygens (including phenoxy) is 1. The van der Waals surface area contributed by atoms with Crippen molar-refractivity contribution in [2.45, 2.75) is 71.6 Å². The van der Waals surface area contributed by atoms with E-state index in [-0.39, 0.29) is 30.2 Å². The Bertz CT molecular complexity index is 1390. The molecular formula is C27H30F6N6O2. The quantitative estimate of drug-likeness (QED) is 0.309. The molecule has 2 aromatic carbocycles. The van der Waals surface area contributed by atoms with Crippen molar-refractivity contribution in [2.24, 2.45) is 7.05 Å². The summed E-state index contributed by atoms with van der Waals surface area (Å²) in [6.07, 6.45) is -10.1. The van der Waals surface area contributed by atoms with Crippen LogP contribution in [0.15, 0.2) is 30.3 Å². The molecule has 0 fully saturated rings. The molecule has 0 saturated carbocycles.